The molecule has 1 unspecified atom stereocenters. The Morgan fingerprint density at radius 2 is 1.95 bits per heavy atom. The zero-order valence-electron chi connectivity index (χ0n) is 12.3. The molecule has 2 fully saturated rings. The number of hydrogen-bond acceptors (Lipinski definition) is 6. The van der Waals surface area contributed by atoms with E-state index in [2.05, 4.69) is 5.32 Å². The van der Waals surface area contributed by atoms with E-state index >= 15 is 0 Å². The zero-order chi connectivity index (χ0) is 15.2. The fourth-order valence-electron chi connectivity index (χ4n) is 2.57. The third-order valence-electron chi connectivity index (χ3n) is 3.90. The number of carbonyl (C=O) groups is 3. The van der Waals surface area contributed by atoms with E-state index in [-0.39, 0.29) is 6.41 Å². The molecule has 0 aromatic heterocycles. The highest BCUT2D eigenvalue weighted by Crippen LogP contribution is 2.11. The van der Waals surface area contributed by atoms with Crippen LogP contribution in [0.25, 0.3) is 0 Å². The molecule has 2 rings (SSSR count). The minimum Gasteiger partial charge on any atom is -0.313 e. The molecule has 0 saturated carbocycles. The van der Waals surface area contributed by atoms with Gasteiger partial charge in [-0.05, 0) is 26.3 Å². The van der Waals surface area contributed by atoms with Gasteiger partial charge in [-0.15, -0.1) is 5.06 Å². The van der Waals surface area contributed by atoms with E-state index in [9.17, 15) is 14.4 Å². The molecule has 21 heavy (non-hydrogen) atoms. The standard InChI is InChI=1S/C13H22N4O4/c1-15-8-5-14-9-11(15)12(19)17(10-18)21-13(20)16-6-3-2-4-7-16/h10-11,14H,2-9H2,1H3. The number of piperazine rings is 1. The molecule has 0 bridgehead atoms. The number of rotatable bonds is 2. The average molecular weight is 298 g/mol. The molecule has 0 aromatic carbocycles. The predicted octanol–water partition coefficient (Wildman–Crippen LogP) is -0.587. The van der Waals surface area contributed by atoms with Gasteiger partial charge in [-0.3, -0.25) is 14.5 Å². The Kier molecular flexibility index (Phi) is 5.51. The molecule has 0 radical (unpaired) electrons. The Bertz CT molecular complexity index is 398. The molecule has 118 valence electrons. The smallest absolute Gasteiger partial charge is 0.313 e. The highest BCUT2D eigenvalue weighted by molar-refractivity contribution is 5.90. The maximum Gasteiger partial charge on any atom is 0.434 e. The van der Waals surface area contributed by atoms with Crippen molar-refractivity contribution in [2.75, 3.05) is 39.8 Å². The number of likely N-dealkylation sites (N-methyl/N-ethyl adjacent to an activating group) is 1. The summed E-state index contributed by atoms with van der Waals surface area (Å²) < 4.78 is 0. The van der Waals surface area contributed by atoms with Crippen molar-refractivity contribution in [1.82, 2.24) is 20.2 Å². The summed E-state index contributed by atoms with van der Waals surface area (Å²) in [6.45, 7) is 3.12. The molecule has 1 N–H and O–H groups in total. The van der Waals surface area contributed by atoms with Gasteiger partial charge in [0.2, 0.25) is 0 Å². The van der Waals surface area contributed by atoms with Crippen molar-refractivity contribution in [1.29, 1.82) is 0 Å². The van der Waals surface area contributed by atoms with E-state index in [0.717, 1.165) is 25.8 Å². The topological polar surface area (TPSA) is 82.2 Å². The first-order valence-corrected chi connectivity index (χ1v) is 7.29. The number of likely N-dealkylation sites (tertiary alicyclic amines) is 1. The van der Waals surface area contributed by atoms with Crippen LogP contribution in [0.4, 0.5) is 4.79 Å². The summed E-state index contributed by atoms with van der Waals surface area (Å²) in [5, 5.41) is 3.60. The Morgan fingerprint density at radius 3 is 2.57 bits per heavy atom. The highest BCUT2D eigenvalue weighted by atomic mass is 16.7. The third-order valence-corrected chi connectivity index (χ3v) is 3.90. The van der Waals surface area contributed by atoms with Crippen LogP contribution in [0.3, 0.4) is 0 Å². The summed E-state index contributed by atoms with van der Waals surface area (Å²) in [6, 6.07) is -0.502. The molecule has 3 amide bonds. The van der Waals surface area contributed by atoms with Crippen molar-refractivity contribution in [3.8, 4) is 0 Å². The lowest BCUT2D eigenvalue weighted by Crippen LogP contribution is -2.57. The summed E-state index contributed by atoms with van der Waals surface area (Å²) >= 11 is 0. The Morgan fingerprint density at radius 1 is 1.24 bits per heavy atom. The number of piperidine rings is 1. The van der Waals surface area contributed by atoms with Gasteiger partial charge in [0.15, 0.2) is 0 Å². The van der Waals surface area contributed by atoms with E-state index in [1.54, 1.807) is 7.05 Å². The molecule has 8 heteroatoms. The van der Waals surface area contributed by atoms with Gasteiger partial charge in [0, 0.05) is 32.7 Å². The largest absolute Gasteiger partial charge is 0.434 e. The van der Waals surface area contributed by atoms with E-state index in [4.69, 9.17) is 4.84 Å². The number of imide groups is 1. The van der Waals surface area contributed by atoms with Gasteiger partial charge < -0.3 is 15.1 Å². The van der Waals surface area contributed by atoms with Gasteiger partial charge in [-0.2, -0.15) is 0 Å². The Hall–Kier alpha value is -1.67. The third kappa shape index (κ3) is 3.92. The quantitative estimate of drug-likeness (QED) is 0.542. The summed E-state index contributed by atoms with van der Waals surface area (Å²) in [7, 11) is 1.80. The normalized spacial score (nSPS) is 23.5. The number of hydroxylamine groups is 2. The van der Waals surface area contributed by atoms with Crippen LogP contribution in [0.15, 0.2) is 0 Å². The van der Waals surface area contributed by atoms with Crippen LogP contribution < -0.4 is 5.32 Å². The monoisotopic (exact) mass is 298 g/mol. The first kappa shape index (κ1) is 15.7. The number of hydrogen-bond donors (Lipinski definition) is 1. The molecule has 2 aliphatic rings. The van der Waals surface area contributed by atoms with E-state index in [1.807, 2.05) is 4.90 Å². The number of nitrogens with one attached hydrogen (secondary N) is 1. The number of nitrogens with zero attached hydrogens (tertiary/aromatic N) is 3. The van der Waals surface area contributed by atoms with Gasteiger partial charge >= 0.3 is 6.09 Å². The van der Waals surface area contributed by atoms with Crippen LogP contribution in [0.1, 0.15) is 19.3 Å². The maximum atomic E-state index is 12.3. The van der Waals surface area contributed by atoms with Crippen LogP contribution >= 0.6 is 0 Å². The first-order valence-electron chi connectivity index (χ1n) is 7.29. The molecule has 2 saturated heterocycles. The summed E-state index contributed by atoms with van der Waals surface area (Å²) in [4.78, 5) is 43.6. The lowest BCUT2D eigenvalue weighted by Gasteiger charge is -2.33. The molecule has 0 spiro atoms. The predicted molar refractivity (Wildman–Crippen MR) is 74.1 cm³/mol. The van der Waals surface area contributed by atoms with Crippen LogP contribution in [0.5, 0.6) is 0 Å². The second kappa shape index (κ2) is 7.37. The fraction of sp³-hybridized carbons (Fsp3) is 0.769. The Balaban J connectivity index is 1.93. The zero-order valence-corrected chi connectivity index (χ0v) is 12.3. The van der Waals surface area contributed by atoms with Crippen molar-refractivity contribution >= 4 is 18.4 Å². The summed E-state index contributed by atoms with van der Waals surface area (Å²) in [6.07, 6.45) is 2.53. The molecule has 0 aromatic rings. The fourth-order valence-corrected chi connectivity index (χ4v) is 2.57. The SMILES string of the molecule is CN1CCNCC1C(=O)N(C=O)OC(=O)N1CCCCC1. The van der Waals surface area contributed by atoms with Crippen molar-refractivity contribution in [3.63, 3.8) is 0 Å². The van der Waals surface area contributed by atoms with Gasteiger partial charge in [-0.25, -0.2) is 4.79 Å². The van der Waals surface area contributed by atoms with Crippen molar-refractivity contribution in [2.45, 2.75) is 25.3 Å². The lowest BCUT2D eigenvalue weighted by molar-refractivity contribution is -0.177. The van der Waals surface area contributed by atoms with Crippen LogP contribution in [0.2, 0.25) is 0 Å². The highest BCUT2D eigenvalue weighted by Gasteiger charge is 2.33. The molecule has 0 aliphatic carbocycles. The van der Waals surface area contributed by atoms with Gasteiger partial charge in [0.25, 0.3) is 12.3 Å². The second-order valence-electron chi connectivity index (χ2n) is 5.37. The van der Waals surface area contributed by atoms with E-state index < -0.39 is 18.0 Å². The maximum absolute atomic E-state index is 12.3. The van der Waals surface area contributed by atoms with Crippen LogP contribution in [-0.2, 0) is 14.4 Å². The van der Waals surface area contributed by atoms with Crippen molar-refractivity contribution < 1.29 is 19.2 Å². The molecular formula is C13H22N4O4. The number of amides is 3. The molecule has 1 atom stereocenters. The first-order chi connectivity index (χ1) is 10.1. The number of carbonyl (C=O) groups excluding carboxylic acids is 3. The molecule has 2 heterocycles. The Labute approximate surface area is 123 Å². The molecule has 8 nitrogen and oxygen atoms in total. The molecular weight excluding hydrogens is 276 g/mol. The summed E-state index contributed by atoms with van der Waals surface area (Å²) in [5.41, 5.74) is 0. The van der Waals surface area contributed by atoms with Crippen molar-refractivity contribution in [3.05, 3.63) is 0 Å². The minimum atomic E-state index is -0.637. The molecule has 2 aliphatic heterocycles. The van der Waals surface area contributed by atoms with Gasteiger partial charge in [0.05, 0.1) is 0 Å². The van der Waals surface area contributed by atoms with Crippen LogP contribution in [-0.4, -0.2) is 79.1 Å². The average Bonchev–Trinajstić information content (AvgIpc) is 2.53. The van der Waals surface area contributed by atoms with Crippen LogP contribution in [0, 0.1) is 0 Å². The summed E-state index contributed by atoms with van der Waals surface area (Å²) in [5.74, 6) is -0.523. The lowest BCUT2D eigenvalue weighted by atomic mass is 10.1. The van der Waals surface area contributed by atoms with Gasteiger partial charge in [0.1, 0.15) is 6.04 Å². The van der Waals surface area contributed by atoms with E-state index in [0.29, 0.717) is 31.2 Å². The minimum absolute atomic E-state index is 0.257. The van der Waals surface area contributed by atoms with E-state index in [1.165, 1.54) is 4.90 Å². The van der Waals surface area contributed by atoms with Crippen molar-refractivity contribution in [2.24, 2.45) is 0 Å². The van der Waals surface area contributed by atoms with Gasteiger partial charge in [-0.1, -0.05) is 0 Å². The second-order valence-corrected chi connectivity index (χ2v) is 5.37.